The van der Waals surface area contributed by atoms with Crippen LogP contribution in [0, 0.1) is 12.7 Å². The minimum absolute atomic E-state index is 0.0233. The van der Waals surface area contributed by atoms with Crippen LogP contribution in [0.4, 0.5) is 9.18 Å². The molecule has 1 heterocycles. The van der Waals surface area contributed by atoms with Crippen LogP contribution >= 0.6 is 11.6 Å². The lowest BCUT2D eigenvalue weighted by molar-refractivity contribution is -0.00300. The van der Waals surface area contributed by atoms with Gasteiger partial charge in [-0.15, -0.1) is 0 Å². The second-order valence-corrected chi connectivity index (χ2v) is 11.1. The number of hydrogen-bond acceptors (Lipinski definition) is 6. The van der Waals surface area contributed by atoms with Crippen molar-refractivity contribution >= 4 is 29.5 Å². The molecular formula is C28H36ClFN4O5. The van der Waals surface area contributed by atoms with Crippen LogP contribution in [0.5, 0.6) is 5.75 Å². The van der Waals surface area contributed by atoms with Crippen molar-refractivity contribution in [2.24, 2.45) is 5.73 Å². The van der Waals surface area contributed by atoms with Gasteiger partial charge in [-0.2, -0.15) is 0 Å². The van der Waals surface area contributed by atoms with Crippen LogP contribution in [0.3, 0.4) is 0 Å². The molecule has 0 unspecified atom stereocenters. The third kappa shape index (κ3) is 7.60. The van der Waals surface area contributed by atoms with E-state index in [4.69, 9.17) is 26.8 Å². The van der Waals surface area contributed by atoms with Crippen LogP contribution in [0.25, 0.3) is 0 Å². The second-order valence-electron chi connectivity index (χ2n) is 10.7. The predicted molar refractivity (Wildman–Crippen MR) is 147 cm³/mol. The maximum absolute atomic E-state index is 14.5. The summed E-state index contributed by atoms with van der Waals surface area (Å²) in [7, 11) is 1.47. The van der Waals surface area contributed by atoms with Gasteiger partial charge in [0.1, 0.15) is 23.3 Å². The summed E-state index contributed by atoms with van der Waals surface area (Å²) in [6.07, 6.45) is -1.08. The van der Waals surface area contributed by atoms with Gasteiger partial charge in [-0.3, -0.25) is 14.5 Å². The molecule has 3 amide bonds. The van der Waals surface area contributed by atoms with E-state index in [1.165, 1.54) is 25.2 Å². The van der Waals surface area contributed by atoms with E-state index < -0.39 is 29.3 Å². The van der Waals surface area contributed by atoms with Crippen LogP contribution in [-0.4, -0.2) is 72.6 Å². The number of nitrogens with zero attached hydrogens (tertiary/aromatic N) is 2. The van der Waals surface area contributed by atoms with E-state index in [1.807, 2.05) is 27.7 Å². The van der Waals surface area contributed by atoms with E-state index in [-0.39, 0.29) is 34.0 Å². The number of hydrogen-bond donors (Lipinski definition) is 2. The number of benzene rings is 2. The van der Waals surface area contributed by atoms with E-state index in [0.717, 1.165) is 0 Å². The van der Waals surface area contributed by atoms with Crippen LogP contribution in [-0.2, 0) is 4.74 Å². The standard InChI is InChI=1S/C28H36ClFN4O5/c1-16-11-23(20(26(36)32-6)13-19(16)25(31)35)38-24(18-7-8-21(29)22(30)12-18)15-33-9-10-34(17(2)14-33)27(37)39-28(3,4)5/h7-8,11-13,17,24H,9-10,14-15H2,1-6H3,(H2,31,35)(H,32,36)/t17-,24-/m1/s1. The number of primary amides is 1. The molecule has 3 N–H and O–H groups in total. The average Bonchev–Trinajstić information content (AvgIpc) is 2.83. The van der Waals surface area contributed by atoms with Crippen molar-refractivity contribution in [3.63, 3.8) is 0 Å². The smallest absolute Gasteiger partial charge is 0.410 e. The van der Waals surface area contributed by atoms with Crippen molar-refractivity contribution in [1.82, 2.24) is 15.1 Å². The zero-order valence-corrected chi connectivity index (χ0v) is 23.9. The van der Waals surface area contributed by atoms with Crippen molar-refractivity contribution in [2.75, 3.05) is 33.2 Å². The Morgan fingerprint density at radius 2 is 1.87 bits per heavy atom. The topological polar surface area (TPSA) is 114 Å². The minimum atomic E-state index is -0.709. The van der Waals surface area contributed by atoms with Gasteiger partial charge in [-0.05, 0) is 70.0 Å². The van der Waals surface area contributed by atoms with E-state index in [0.29, 0.717) is 37.3 Å². The molecule has 0 radical (unpaired) electrons. The molecule has 2 aromatic carbocycles. The number of rotatable bonds is 7. The number of amides is 3. The van der Waals surface area contributed by atoms with Gasteiger partial charge >= 0.3 is 6.09 Å². The van der Waals surface area contributed by atoms with Crippen molar-refractivity contribution < 1.29 is 28.2 Å². The first-order valence-electron chi connectivity index (χ1n) is 12.7. The molecule has 39 heavy (non-hydrogen) atoms. The summed E-state index contributed by atoms with van der Waals surface area (Å²) < 4.78 is 26.4. The molecule has 1 fully saturated rings. The van der Waals surface area contributed by atoms with Gasteiger partial charge in [0.05, 0.1) is 10.6 Å². The SMILES string of the molecule is CNC(=O)c1cc(C(N)=O)c(C)cc1O[C@H](CN1CCN(C(=O)OC(C)(C)C)[C@H](C)C1)c1ccc(Cl)c(F)c1. The Hall–Kier alpha value is -3.37. The number of nitrogens with one attached hydrogen (secondary N) is 1. The highest BCUT2D eigenvalue weighted by Crippen LogP contribution is 2.31. The predicted octanol–water partition coefficient (Wildman–Crippen LogP) is 4.31. The molecule has 212 valence electrons. The zero-order chi connectivity index (χ0) is 29.1. The van der Waals surface area contributed by atoms with Gasteiger partial charge in [-0.1, -0.05) is 17.7 Å². The molecule has 9 nitrogen and oxygen atoms in total. The fourth-order valence-corrected chi connectivity index (χ4v) is 4.58. The largest absolute Gasteiger partial charge is 0.484 e. The van der Waals surface area contributed by atoms with Gasteiger partial charge in [0, 0.05) is 44.8 Å². The van der Waals surface area contributed by atoms with E-state index in [2.05, 4.69) is 10.2 Å². The van der Waals surface area contributed by atoms with E-state index in [1.54, 1.807) is 24.0 Å². The molecule has 0 spiro atoms. The summed E-state index contributed by atoms with van der Waals surface area (Å²) in [6, 6.07) is 7.25. The lowest BCUT2D eigenvalue weighted by Gasteiger charge is -2.41. The Morgan fingerprint density at radius 1 is 1.18 bits per heavy atom. The molecule has 0 saturated carbocycles. The number of ether oxygens (including phenoxy) is 2. The third-order valence-corrected chi connectivity index (χ3v) is 6.72. The highest BCUT2D eigenvalue weighted by molar-refractivity contribution is 6.30. The lowest BCUT2D eigenvalue weighted by atomic mass is 10.0. The highest BCUT2D eigenvalue weighted by Gasteiger charge is 2.32. The summed E-state index contributed by atoms with van der Waals surface area (Å²) in [5.41, 5.74) is 6.26. The maximum Gasteiger partial charge on any atom is 0.410 e. The number of carbonyl (C=O) groups is 3. The van der Waals surface area contributed by atoms with E-state index >= 15 is 0 Å². The highest BCUT2D eigenvalue weighted by atomic mass is 35.5. The molecule has 1 saturated heterocycles. The first-order valence-corrected chi connectivity index (χ1v) is 13.1. The Balaban J connectivity index is 1.91. The molecule has 0 aliphatic carbocycles. The van der Waals surface area contributed by atoms with Gasteiger partial charge < -0.3 is 25.4 Å². The molecular weight excluding hydrogens is 527 g/mol. The second kappa shape index (κ2) is 12.2. The lowest BCUT2D eigenvalue weighted by Crippen LogP contribution is -2.55. The third-order valence-electron chi connectivity index (χ3n) is 6.41. The Labute approximate surface area is 233 Å². The van der Waals surface area contributed by atoms with Gasteiger partial charge in [-0.25, -0.2) is 9.18 Å². The number of halogens is 2. The number of nitrogens with two attached hydrogens (primary N) is 1. The molecule has 11 heteroatoms. The Kier molecular flexibility index (Phi) is 9.45. The fraction of sp³-hybridized carbons (Fsp3) is 0.464. The molecule has 2 atom stereocenters. The van der Waals surface area contributed by atoms with Crippen LogP contribution in [0.2, 0.25) is 5.02 Å². The van der Waals surface area contributed by atoms with E-state index in [9.17, 15) is 18.8 Å². The number of carbonyl (C=O) groups excluding carboxylic acids is 3. The first kappa shape index (κ1) is 30.2. The molecule has 0 bridgehead atoms. The quantitative estimate of drug-likeness (QED) is 0.520. The average molecular weight is 563 g/mol. The molecule has 1 aliphatic rings. The summed E-state index contributed by atoms with van der Waals surface area (Å²) in [5.74, 6) is -1.51. The van der Waals surface area contributed by atoms with Crippen molar-refractivity contribution in [1.29, 1.82) is 0 Å². The Morgan fingerprint density at radius 3 is 2.44 bits per heavy atom. The minimum Gasteiger partial charge on any atom is -0.484 e. The van der Waals surface area contributed by atoms with Gasteiger partial charge in [0.25, 0.3) is 5.91 Å². The van der Waals surface area contributed by atoms with Crippen LogP contribution in [0.15, 0.2) is 30.3 Å². The Bertz CT molecular complexity index is 1250. The summed E-state index contributed by atoms with van der Waals surface area (Å²) in [6.45, 7) is 10.9. The van der Waals surface area contributed by atoms with Crippen molar-refractivity contribution in [3.05, 3.63) is 63.4 Å². The number of aryl methyl sites for hydroxylation is 1. The fourth-order valence-electron chi connectivity index (χ4n) is 4.46. The molecule has 1 aliphatic heterocycles. The first-order chi connectivity index (χ1) is 18.2. The van der Waals surface area contributed by atoms with Crippen molar-refractivity contribution in [3.8, 4) is 5.75 Å². The number of piperazine rings is 1. The molecule has 2 aromatic rings. The molecule has 3 rings (SSSR count). The van der Waals surface area contributed by atoms with Gasteiger partial charge in [0.2, 0.25) is 5.91 Å². The monoisotopic (exact) mass is 562 g/mol. The normalized spacial score (nSPS) is 16.9. The van der Waals surface area contributed by atoms with Crippen molar-refractivity contribution in [2.45, 2.75) is 52.4 Å². The maximum atomic E-state index is 14.5. The zero-order valence-electron chi connectivity index (χ0n) is 23.1. The van der Waals surface area contributed by atoms with Gasteiger partial charge in [0.15, 0.2) is 0 Å². The summed E-state index contributed by atoms with van der Waals surface area (Å²) >= 11 is 5.93. The van der Waals surface area contributed by atoms with Crippen LogP contribution in [0.1, 0.15) is 65.6 Å². The summed E-state index contributed by atoms with van der Waals surface area (Å²) in [4.78, 5) is 41.0. The van der Waals surface area contributed by atoms with Crippen LogP contribution < -0.4 is 15.8 Å². The molecule has 0 aromatic heterocycles. The summed E-state index contributed by atoms with van der Waals surface area (Å²) in [5, 5.41) is 2.52.